The zero-order valence-electron chi connectivity index (χ0n) is 26.3. The number of pyridine rings is 1. The lowest BCUT2D eigenvalue weighted by Crippen LogP contribution is -2.20. The number of benzene rings is 1. The molecule has 2 heterocycles. The Morgan fingerprint density at radius 1 is 1.12 bits per heavy atom. The maximum atomic E-state index is 10.8. The first kappa shape index (κ1) is 32.4. The molecular weight excluding hydrogens is 504 g/mol. The van der Waals surface area contributed by atoms with Crippen LogP contribution in [0.1, 0.15) is 120 Å². The molecule has 1 atom stereocenters. The maximum Gasteiger partial charge on any atom is 0.125 e. The van der Waals surface area contributed by atoms with E-state index in [1.54, 1.807) is 12.1 Å². The molecule has 1 aliphatic rings. The Bertz CT molecular complexity index is 1280. The van der Waals surface area contributed by atoms with Gasteiger partial charge in [-0.25, -0.2) is 0 Å². The molecule has 0 bridgehead atoms. The number of aromatic hydroxyl groups is 2. The average Bonchev–Trinajstić information content (AvgIpc) is 2.98. The fourth-order valence-electron chi connectivity index (χ4n) is 5.64. The number of nitrogens with one attached hydrogen (secondary N) is 1. The Balaban J connectivity index is 2.09. The van der Waals surface area contributed by atoms with Gasteiger partial charge in [-0.1, -0.05) is 82.9 Å². The molecule has 0 saturated carbocycles. The van der Waals surface area contributed by atoms with Crippen molar-refractivity contribution in [2.75, 3.05) is 13.1 Å². The number of aryl methyl sites for hydroxylation is 2. The van der Waals surface area contributed by atoms with E-state index in [0.717, 1.165) is 74.9 Å². The van der Waals surface area contributed by atoms with Crippen molar-refractivity contribution in [1.29, 1.82) is 0 Å². The fraction of sp³-hybridized carbons (Fsp3) is 0.486. The van der Waals surface area contributed by atoms with Crippen molar-refractivity contribution >= 4 is 11.1 Å². The van der Waals surface area contributed by atoms with Crippen LogP contribution < -0.4 is 5.32 Å². The predicted molar refractivity (Wildman–Crippen MR) is 175 cm³/mol. The molecule has 1 aliphatic heterocycles. The van der Waals surface area contributed by atoms with Crippen molar-refractivity contribution in [2.45, 2.75) is 105 Å². The minimum atomic E-state index is -0.0401. The minimum Gasteiger partial charge on any atom is -0.508 e. The van der Waals surface area contributed by atoms with E-state index in [1.807, 2.05) is 13.1 Å². The molecule has 0 aliphatic carbocycles. The van der Waals surface area contributed by atoms with Crippen molar-refractivity contribution in [2.24, 2.45) is 0 Å². The third-order valence-corrected chi connectivity index (χ3v) is 8.25. The second-order valence-electron chi connectivity index (χ2n) is 11.6. The number of phenolic OH excluding ortho intramolecular Hbond substituents is 2. The van der Waals surface area contributed by atoms with Crippen molar-refractivity contribution in [1.82, 2.24) is 10.3 Å². The molecule has 41 heavy (non-hydrogen) atoms. The molecule has 1 aromatic carbocycles. The van der Waals surface area contributed by atoms with Crippen LogP contribution in [0.3, 0.4) is 0 Å². The van der Waals surface area contributed by atoms with Gasteiger partial charge < -0.3 is 15.5 Å². The summed E-state index contributed by atoms with van der Waals surface area (Å²) in [6.45, 7) is 14.8. The Morgan fingerprint density at radius 3 is 2.61 bits per heavy atom. The number of unbranched alkanes of at least 4 members (excludes halogenated alkanes) is 3. The van der Waals surface area contributed by atoms with Crippen LogP contribution >= 0.6 is 0 Å². The molecule has 4 nitrogen and oxygen atoms in total. The highest BCUT2D eigenvalue weighted by Gasteiger charge is 2.20. The molecule has 0 spiro atoms. The molecule has 0 saturated heterocycles. The standard InChI is InChI=1S/C37H52N2O2/c1-7-10-12-14-26(4)32(22-28(6)35-34(40)17-16-27(5)37(35)41)24-31(15-13-11-8-2)33-23-29(9-3)36(39-25-33)30-18-20-38-21-19-30/h13,15-18,23-25,28,38,40-41H,7-12,14,19-22H2,1-6H3/b15-13+,31-24+,32-26+. The summed E-state index contributed by atoms with van der Waals surface area (Å²) in [6.07, 6.45) is 20.6. The van der Waals surface area contributed by atoms with E-state index in [0.29, 0.717) is 5.56 Å². The van der Waals surface area contributed by atoms with Gasteiger partial charge in [0.25, 0.3) is 0 Å². The number of hydrogen-bond acceptors (Lipinski definition) is 4. The first-order chi connectivity index (χ1) is 19.8. The van der Waals surface area contributed by atoms with E-state index in [2.05, 4.69) is 70.3 Å². The third kappa shape index (κ3) is 8.94. The molecule has 3 rings (SSSR count). The zero-order valence-corrected chi connectivity index (χ0v) is 26.3. The van der Waals surface area contributed by atoms with Crippen LogP contribution in [0, 0.1) is 6.92 Å². The molecule has 1 aromatic heterocycles. The van der Waals surface area contributed by atoms with Gasteiger partial charge in [-0.3, -0.25) is 4.98 Å². The van der Waals surface area contributed by atoms with Crippen LogP contribution in [0.5, 0.6) is 11.5 Å². The summed E-state index contributed by atoms with van der Waals surface area (Å²) in [4.78, 5) is 5.02. The second-order valence-corrected chi connectivity index (χ2v) is 11.6. The van der Waals surface area contributed by atoms with Crippen molar-refractivity contribution in [3.8, 4) is 11.5 Å². The maximum absolute atomic E-state index is 10.8. The number of phenols is 2. The lowest BCUT2D eigenvalue weighted by Gasteiger charge is -2.20. The average molecular weight is 557 g/mol. The summed E-state index contributed by atoms with van der Waals surface area (Å²) in [6, 6.07) is 5.80. The highest BCUT2D eigenvalue weighted by molar-refractivity contribution is 5.78. The summed E-state index contributed by atoms with van der Waals surface area (Å²) in [5.41, 5.74) is 10.1. The Hall–Kier alpha value is -3.11. The van der Waals surface area contributed by atoms with Gasteiger partial charge in [-0.05, 0) is 105 Å². The minimum absolute atomic E-state index is 0.0401. The van der Waals surface area contributed by atoms with Gasteiger partial charge in [0.15, 0.2) is 0 Å². The fourth-order valence-corrected chi connectivity index (χ4v) is 5.64. The zero-order chi connectivity index (χ0) is 29.8. The summed E-state index contributed by atoms with van der Waals surface area (Å²) in [5.74, 6) is 0.323. The molecule has 0 amide bonds. The van der Waals surface area contributed by atoms with E-state index in [9.17, 15) is 10.2 Å². The van der Waals surface area contributed by atoms with Crippen molar-refractivity contribution < 1.29 is 10.2 Å². The molecule has 0 radical (unpaired) electrons. The van der Waals surface area contributed by atoms with Gasteiger partial charge in [0.1, 0.15) is 11.5 Å². The first-order valence-corrected chi connectivity index (χ1v) is 15.8. The Kier molecular flexibility index (Phi) is 12.9. The molecular formula is C37H52N2O2. The Morgan fingerprint density at radius 2 is 1.93 bits per heavy atom. The van der Waals surface area contributed by atoms with E-state index in [1.165, 1.54) is 40.7 Å². The molecule has 1 unspecified atom stereocenters. The lowest BCUT2D eigenvalue weighted by molar-refractivity contribution is 0.427. The van der Waals surface area contributed by atoms with E-state index in [4.69, 9.17) is 4.98 Å². The quantitative estimate of drug-likeness (QED) is 0.160. The molecule has 0 fully saturated rings. The topological polar surface area (TPSA) is 65.4 Å². The van der Waals surface area contributed by atoms with E-state index in [-0.39, 0.29) is 17.4 Å². The molecule has 3 N–H and O–H groups in total. The summed E-state index contributed by atoms with van der Waals surface area (Å²) in [7, 11) is 0. The van der Waals surface area contributed by atoms with Crippen LogP contribution in [0.25, 0.3) is 11.1 Å². The summed E-state index contributed by atoms with van der Waals surface area (Å²) in [5, 5.41) is 24.9. The van der Waals surface area contributed by atoms with Crippen molar-refractivity contribution in [3.05, 3.63) is 87.8 Å². The van der Waals surface area contributed by atoms with Gasteiger partial charge >= 0.3 is 0 Å². The van der Waals surface area contributed by atoms with Gasteiger partial charge in [0.2, 0.25) is 0 Å². The Labute approximate surface area is 249 Å². The summed E-state index contributed by atoms with van der Waals surface area (Å²) < 4.78 is 0. The van der Waals surface area contributed by atoms with Gasteiger partial charge in [-0.2, -0.15) is 0 Å². The van der Waals surface area contributed by atoms with Gasteiger partial charge in [0.05, 0.1) is 5.69 Å². The van der Waals surface area contributed by atoms with Gasteiger partial charge in [0, 0.05) is 23.9 Å². The highest BCUT2D eigenvalue weighted by atomic mass is 16.3. The van der Waals surface area contributed by atoms with Crippen LogP contribution in [0.2, 0.25) is 0 Å². The number of nitrogens with zero attached hydrogens (tertiary/aromatic N) is 1. The van der Waals surface area contributed by atoms with E-state index >= 15 is 0 Å². The SMILES string of the molecule is CCC/C=C/C(=C\C(CC(C)c1c(O)ccc(C)c1O)=C(/C)CCCCC)c1cnc(C2=CCNCC2)c(CC)c1. The van der Waals surface area contributed by atoms with Crippen LogP contribution in [-0.4, -0.2) is 28.3 Å². The number of aromatic nitrogens is 1. The molecule has 222 valence electrons. The third-order valence-electron chi connectivity index (χ3n) is 8.25. The van der Waals surface area contributed by atoms with Crippen LogP contribution in [0.15, 0.2) is 59.8 Å². The molecule has 2 aromatic rings. The largest absolute Gasteiger partial charge is 0.508 e. The first-order valence-electron chi connectivity index (χ1n) is 15.8. The second kappa shape index (κ2) is 16.4. The van der Waals surface area contributed by atoms with E-state index < -0.39 is 0 Å². The normalized spacial score (nSPS) is 15.7. The number of hydrogen-bond donors (Lipinski definition) is 3. The number of rotatable bonds is 14. The monoisotopic (exact) mass is 556 g/mol. The number of allylic oxidation sites excluding steroid dienone is 6. The van der Waals surface area contributed by atoms with Crippen LogP contribution in [0.4, 0.5) is 0 Å². The highest BCUT2D eigenvalue weighted by Crippen LogP contribution is 2.40. The smallest absolute Gasteiger partial charge is 0.125 e. The predicted octanol–water partition coefficient (Wildman–Crippen LogP) is 9.57. The lowest BCUT2D eigenvalue weighted by atomic mass is 9.86. The molecule has 4 heteroatoms. The van der Waals surface area contributed by atoms with Crippen molar-refractivity contribution in [3.63, 3.8) is 0 Å². The van der Waals surface area contributed by atoms with Gasteiger partial charge in [-0.15, -0.1) is 0 Å². The van der Waals surface area contributed by atoms with Crippen LogP contribution in [-0.2, 0) is 6.42 Å². The summed E-state index contributed by atoms with van der Waals surface area (Å²) >= 11 is 0.